The van der Waals surface area contributed by atoms with Crippen LogP contribution in [0.3, 0.4) is 0 Å². The average molecular weight is 266 g/mol. The Labute approximate surface area is 115 Å². The van der Waals surface area contributed by atoms with E-state index in [4.69, 9.17) is 4.42 Å². The summed E-state index contributed by atoms with van der Waals surface area (Å²) < 4.78 is 5.84. The van der Waals surface area contributed by atoms with Crippen molar-refractivity contribution < 1.29 is 9.52 Å². The van der Waals surface area contributed by atoms with Crippen LogP contribution in [0.1, 0.15) is 58.6 Å². The molecule has 108 valence electrons. The molecule has 1 aliphatic rings. The fraction of sp³-hybridized carbons (Fsp3) is 0.800. The van der Waals surface area contributed by atoms with Gasteiger partial charge in [0.15, 0.2) is 0 Å². The van der Waals surface area contributed by atoms with Gasteiger partial charge in [0.2, 0.25) is 5.89 Å². The molecule has 0 saturated carbocycles. The van der Waals surface area contributed by atoms with Gasteiger partial charge in [0.05, 0.1) is 18.8 Å². The van der Waals surface area contributed by atoms with Crippen molar-refractivity contribution in [2.24, 2.45) is 0 Å². The quantitative estimate of drug-likeness (QED) is 0.914. The first-order chi connectivity index (χ1) is 8.88. The number of aliphatic hydroxyl groups excluding tert-OH is 1. The van der Waals surface area contributed by atoms with Gasteiger partial charge in [-0.25, -0.2) is 4.98 Å². The van der Waals surface area contributed by atoms with Gasteiger partial charge in [-0.3, -0.25) is 4.90 Å². The van der Waals surface area contributed by atoms with Crippen molar-refractivity contribution >= 4 is 0 Å². The minimum atomic E-state index is -0.294. The first kappa shape index (κ1) is 14.5. The van der Waals surface area contributed by atoms with Gasteiger partial charge in [-0.15, -0.1) is 0 Å². The Morgan fingerprint density at radius 2 is 2.21 bits per heavy atom. The largest absolute Gasteiger partial charge is 0.444 e. The molecule has 4 nitrogen and oxygen atoms in total. The molecule has 0 spiro atoms. The number of piperidine rings is 1. The van der Waals surface area contributed by atoms with Crippen molar-refractivity contribution in [1.29, 1.82) is 0 Å². The van der Waals surface area contributed by atoms with Gasteiger partial charge in [-0.2, -0.15) is 0 Å². The van der Waals surface area contributed by atoms with Gasteiger partial charge in [0.1, 0.15) is 5.76 Å². The van der Waals surface area contributed by atoms with Crippen LogP contribution < -0.4 is 0 Å². The zero-order valence-corrected chi connectivity index (χ0v) is 12.5. The van der Waals surface area contributed by atoms with E-state index in [0.717, 1.165) is 24.6 Å². The van der Waals surface area contributed by atoms with Gasteiger partial charge in [0, 0.05) is 11.5 Å². The molecule has 19 heavy (non-hydrogen) atoms. The molecule has 1 saturated heterocycles. The van der Waals surface area contributed by atoms with Crippen molar-refractivity contribution in [3.8, 4) is 0 Å². The molecule has 2 atom stereocenters. The van der Waals surface area contributed by atoms with Gasteiger partial charge in [0.25, 0.3) is 0 Å². The lowest BCUT2D eigenvalue weighted by atomic mass is 9.94. The number of aliphatic hydroxyl groups is 1. The van der Waals surface area contributed by atoms with E-state index in [0.29, 0.717) is 6.54 Å². The van der Waals surface area contributed by atoms with Crippen LogP contribution in [0, 0.1) is 0 Å². The molecule has 2 unspecified atom stereocenters. The predicted molar refractivity (Wildman–Crippen MR) is 74.9 cm³/mol. The summed E-state index contributed by atoms with van der Waals surface area (Å²) in [5.41, 5.74) is -0.00315. The van der Waals surface area contributed by atoms with Crippen LogP contribution >= 0.6 is 0 Å². The minimum absolute atomic E-state index is 0.00315. The molecule has 4 heteroatoms. The molecule has 0 aliphatic carbocycles. The van der Waals surface area contributed by atoms with Crippen molar-refractivity contribution in [3.63, 3.8) is 0 Å². The highest BCUT2D eigenvalue weighted by atomic mass is 16.4. The molecule has 2 rings (SSSR count). The Morgan fingerprint density at radius 1 is 1.47 bits per heavy atom. The van der Waals surface area contributed by atoms with Gasteiger partial charge in [-0.1, -0.05) is 27.2 Å². The van der Waals surface area contributed by atoms with Crippen LogP contribution in [0.25, 0.3) is 0 Å². The fourth-order valence-corrected chi connectivity index (χ4v) is 2.66. The molecule has 1 aromatic rings. The number of nitrogens with zero attached hydrogens (tertiary/aromatic N) is 2. The first-order valence-corrected chi connectivity index (χ1v) is 7.25. The number of hydrogen-bond donors (Lipinski definition) is 1. The van der Waals surface area contributed by atoms with Gasteiger partial charge >= 0.3 is 0 Å². The smallest absolute Gasteiger partial charge is 0.208 e. The summed E-state index contributed by atoms with van der Waals surface area (Å²) in [5.74, 6) is 1.69. The topological polar surface area (TPSA) is 49.5 Å². The lowest BCUT2D eigenvalue weighted by Gasteiger charge is -2.36. The van der Waals surface area contributed by atoms with Crippen LogP contribution in [0.15, 0.2) is 10.6 Å². The van der Waals surface area contributed by atoms with Crippen molar-refractivity contribution in [1.82, 2.24) is 9.88 Å². The van der Waals surface area contributed by atoms with Crippen molar-refractivity contribution in [2.75, 3.05) is 6.54 Å². The maximum atomic E-state index is 9.87. The SMILES string of the molecule is CC(O)C1CCCCN1Cc1ncc(C(C)(C)C)o1. The number of rotatable bonds is 3. The van der Waals surface area contributed by atoms with Crippen LogP contribution in [-0.4, -0.2) is 33.7 Å². The number of hydrogen-bond acceptors (Lipinski definition) is 4. The van der Waals surface area contributed by atoms with E-state index in [2.05, 4.69) is 30.7 Å². The summed E-state index contributed by atoms with van der Waals surface area (Å²) in [7, 11) is 0. The molecule has 1 aliphatic heterocycles. The number of likely N-dealkylation sites (tertiary alicyclic amines) is 1. The molecule has 0 amide bonds. The average Bonchev–Trinajstić information content (AvgIpc) is 2.77. The molecule has 1 fully saturated rings. The Hall–Kier alpha value is -0.870. The van der Waals surface area contributed by atoms with Crippen LogP contribution in [0.5, 0.6) is 0 Å². The van der Waals surface area contributed by atoms with Crippen LogP contribution in [0.2, 0.25) is 0 Å². The van der Waals surface area contributed by atoms with Gasteiger partial charge in [-0.05, 0) is 26.3 Å². The fourth-order valence-electron chi connectivity index (χ4n) is 2.66. The maximum Gasteiger partial charge on any atom is 0.208 e. The summed E-state index contributed by atoms with van der Waals surface area (Å²) in [4.78, 5) is 6.68. The van der Waals surface area contributed by atoms with Crippen LogP contribution in [-0.2, 0) is 12.0 Å². The second kappa shape index (κ2) is 5.63. The second-order valence-electron chi connectivity index (χ2n) is 6.64. The highest BCUT2D eigenvalue weighted by Crippen LogP contribution is 2.25. The van der Waals surface area contributed by atoms with Gasteiger partial charge < -0.3 is 9.52 Å². The highest BCUT2D eigenvalue weighted by Gasteiger charge is 2.28. The number of aromatic nitrogens is 1. The van der Waals surface area contributed by atoms with Crippen molar-refractivity contribution in [2.45, 2.75) is 71.1 Å². The normalized spacial score (nSPS) is 23.5. The number of oxazole rings is 1. The lowest BCUT2D eigenvalue weighted by molar-refractivity contribution is 0.0267. The summed E-state index contributed by atoms with van der Waals surface area (Å²) in [5, 5.41) is 9.87. The highest BCUT2D eigenvalue weighted by molar-refractivity contribution is 5.06. The van der Waals surface area contributed by atoms with E-state index < -0.39 is 0 Å². The van der Waals surface area contributed by atoms with E-state index in [-0.39, 0.29) is 17.6 Å². The Morgan fingerprint density at radius 3 is 2.79 bits per heavy atom. The Balaban J connectivity index is 2.05. The lowest BCUT2D eigenvalue weighted by Crippen LogP contribution is -2.45. The summed E-state index contributed by atoms with van der Waals surface area (Å²) in [6.45, 7) is 9.96. The van der Waals surface area contributed by atoms with E-state index in [1.807, 2.05) is 13.1 Å². The molecule has 0 bridgehead atoms. The predicted octanol–water partition coefficient (Wildman–Crippen LogP) is 2.71. The van der Waals surface area contributed by atoms with Crippen LogP contribution in [0.4, 0.5) is 0 Å². The third-order valence-corrected chi connectivity index (χ3v) is 3.85. The van der Waals surface area contributed by atoms with E-state index >= 15 is 0 Å². The van der Waals surface area contributed by atoms with Crippen molar-refractivity contribution in [3.05, 3.63) is 17.8 Å². The molecular weight excluding hydrogens is 240 g/mol. The summed E-state index contributed by atoms with van der Waals surface area (Å²) in [6.07, 6.45) is 4.99. The molecule has 1 aromatic heterocycles. The minimum Gasteiger partial charge on any atom is -0.444 e. The van der Waals surface area contributed by atoms with E-state index in [1.165, 1.54) is 12.8 Å². The zero-order valence-electron chi connectivity index (χ0n) is 12.5. The summed E-state index contributed by atoms with van der Waals surface area (Å²) in [6, 6.07) is 0.235. The van der Waals surface area contributed by atoms with E-state index in [1.54, 1.807) is 0 Å². The Bertz CT molecular complexity index is 407. The molecule has 0 radical (unpaired) electrons. The molecule has 0 aromatic carbocycles. The first-order valence-electron chi connectivity index (χ1n) is 7.25. The standard InChI is InChI=1S/C15H26N2O2/c1-11(18)12-7-5-6-8-17(12)10-14-16-9-13(19-14)15(2,3)4/h9,11-12,18H,5-8,10H2,1-4H3. The molecular formula is C15H26N2O2. The zero-order chi connectivity index (χ0) is 14.0. The monoisotopic (exact) mass is 266 g/mol. The van der Waals surface area contributed by atoms with E-state index in [9.17, 15) is 5.11 Å². The third-order valence-electron chi connectivity index (χ3n) is 3.85. The second-order valence-corrected chi connectivity index (χ2v) is 6.64. The Kier molecular flexibility index (Phi) is 4.31. The summed E-state index contributed by atoms with van der Waals surface area (Å²) >= 11 is 0. The third kappa shape index (κ3) is 3.57. The molecule has 2 heterocycles. The molecule has 1 N–H and O–H groups in total. The maximum absolute atomic E-state index is 9.87.